The maximum absolute atomic E-state index is 12.5. The Morgan fingerprint density at radius 2 is 1.75 bits per heavy atom. The van der Waals surface area contributed by atoms with Crippen molar-refractivity contribution in [1.29, 1.82) is 0 Å². The van der Waals surface area contributed by atoms with Gasteiger partial charge >= 0.3 is 6.18 Å². The number of hydrogen-bond donors (Lipinski definition) is 2. The molecule has 0 fully saturated rings. The number of rotatable bonds is 3. The van der Waals surface area contributed by atoms with Crippen molar-refractivity contribution in [3.05, 3.63) is 63.9 Å². The fraction of sp³-hybridized carbons (Fsp3) is 0.154. The van der Waals surface area contributed by atoms with Gasteiger partial charge in [-0.3, -0.25) is 10.8 Å². The summed E-state index contributed by atoms with van der Waals surface area (Å²) in [4.78, 5) is 4.01. The molecule has 0 saturated carbocycles. The number of hydrogen-bond acceptors (Lipinski definition) is 3. The van der Waals surface area contributed by atoms with Gasteiger partial charge in [0.1, 0.15) is 0 Å². The largest absolute Gasteiger partial charge is 0.416 e. The van der Waals surface area contributed by atoms with Crippen molar-refractivity contribution in [3.8, 4) is 0 Å². The molecule has 1 heterocycles. The van der Waals surface area contributed by atoms with Gasteiger partial charge in [-0.25, -0.2) is 5.43 Å². The average Bonchev–Trinajstić information content (AvgIpc) is 2.39. The molecule has 0 aliphatic carbocycles. The molecule has 0 spiro atoms. The van der Waals surface area contributed by atoms with E-state index in [0.29, 0.717) is 5.56 Å². The van der Waals surface area contributed by atoms with Crippen LogP contribution in [0.15, 0.2) is 47.2 Å². The Morgan fingerprint density at radius 1 is 1.10 bits per heavy atom. The third-order valence-corrected chi connectivity index (χ3v) is 3.23. The minimum atomic E-state index is -4.35. The number of halogens is 4. The Hall–Kier alpha value is -1.44. The molecular formula is C13H11BrF3N3. The standard InChI is InChI=1S/C13H11BrF3N3/c14-11-5-9(6-19-7-11)12(20-18)8-1-3-10(4-2-8)13(15,16)17/h1-7,12,20H,18H2. The number of hydrazine groups is 1. The third kappa shape index (κ3) is 3.36. The van der Waals surface area contributed by atoms with Crippen LogP contribution in [0, 0.1) is 0 Å². The van der Waals surface area contributed by atoms with Crippen LogP contribution in [0.3, 0.4) is 0 Å². The van der Waals surface area contributed by atoms with Crippen molar-refractivity contribution in [2.24, 2.45) is 5.84 Å². The lowest BCUT2D eigenvalue weighted by Gasteiger charge is -2.17. The van der Waals surface area contributed by atoms with Gasteiger partial charge in [-0.2, -0.15) is 13.2 Å². The summed E-state index contributed by atoms with van der Waals surface area (Å²) in [6, 6.07) is 6.23. The summed E-state index contributed by atoms with van der Waals surface area (Å²) in [6.07, 6.45) is -1.13. The van der Waals surface area contributed by atoms with Crippen molar-refractivity contribution in [2.45, 2.75) is 12.2 Å². The summed E-state index contributed by atoms with van der Waals surface area (Å²) in [5.74, 6) is 5.50. The first-order valence-corrected chi connectivity index (χ1v) is 6.45. The van der Waals surface area contributed by atoms with E-state index in [4.69, 9.17) is 5.84 Å². The van der Waals surface area contributed by atoms with Gasteiger partial charge in [0, 0.05) is 16.9 Å². The fourth-order valence-electron chi connectivity index (χ4n) is 1.84. The van der Waals surface area contributed by atoms with Crippen LogP contribution < -0.4 is 11.3 Å². The van der Waals surface area contributed by atoms with Gasteiger partial charge < -0.3 is 0 Å². The highest BCUT2D eigenvalue weighted by Crippen LogP contribution is 2.31. The van der Waals surface area contributed by atoms with Gasteiger partial charge in [-0.05, 0) is 45.3 Å². The van der Waals surface area contributed by atoms with Crippen LogP contribution in [0.5, 0.6) is 0 Å². The van der Waals surface area contributed by atoms with Crippen LogP contribution in [0.25, 0.3) is 0 Å². The molecule has 1 aromatic carbocycles. The molecule has 7 heteroatoms. The third-order valence-electron chi connectivity index (χ3n) is 2.80. The lowest BCUT2D eigenvalue weighted by molar-refractivity contribution is -0.137. The lowest BCUT2D eigenvalue weighted by Crippen LogP contribution is -2.29. The molecule has 3 nitrogen and oxygen atoms in total. The van der Waals surface area contributed by atoms with E-state index in [0.717, 1.165) is 22.2 Å². The molecule has 0 bridgehead atoms. The van der Waals surface area contributed by atoms with E-state index >= 15 is 0 Å². The molecule has 2 rings (SSSR count). The summed E-state index contributed by atoms with van der Waals surface area (Å²) in [5.41, 5.74) is 3.26. The molecule has 0 saturated heterocycles. The highest BCUT2D eigenvalue weighted by Gasteiger charge is 2.30. The van der Waals surface area contributed by atoms with Crippen molar-refractivity contribution in [3.63, 3.8) is 0 Å². The summed E-state index contributed by atoms with van der Waals surface area (Å²) >= 11 is 3.29. The molecular weight excluding hydrogens is 335 g/mol. The number of aromatic nitrogens is 1. The first-order valence-electron chi connectivity index (χ1n) is 5.65. The normalized spacial score (nSPS) is 13.2. The number of alkyl halides is 3. The van der Waals surface area contributed by atoms with Gasteiger partial charge in [0.25, 0.3) is 0 Å². The summed E-state index contributed by atoms with van der Waals surface area (Å²) < 4.78 is 38.3. The van der Waals surface area contributed by atoms with Gasteiger partial charge in [-0.1, -0.05) is 12.1 Å². The van der Waals surface area contributed by atoms with Crippen LogP contribution in [0.2, 0.25) is 0 Å². The Labute approximate surface area is 122 Å². The summed E-state index contributed by atoms with van der Waals surface area (Å²) in [5, 5.41) is 0. The number of nitrogens with two attached hydrogens (primary N) is 1. The average molecular weight is 346 g/mol. The van der Waals surface area contributed by atoms with E-state index in [2.05, 4.69) is 26.3 Å². The predicted molar refractivity (Wildman–Crippen MR) is 72.5 cm³/mol. The highest BCUT2D eigenvalue weighted by atomic mass is 79.9. The molecule has 1 aromatic heterocycles. The van der Waals surface area contributed by atoms with Crippen LogP contribution in [-0.4, -0.2) is 4.98 Å². The Balaban J connectivity index is 2.33. The first-order chi connectivity index (χ1) is 9.41. The van der Waals surface area contributed by atoms with E-state index in [1.54, 1.807) is 18.5 Å². The van der Waals surface area contributed by atoms with Crippen molar-refractivity contribution < 1.29 is 13.2 Å². The van der Waals surface area contributed by atoms with Crippen molar-refractivity contribution >= 4 is 15.9 Å². The van der Waals surface area contributed by atoms with Crippen LogP contribution in [-0.2, 0) is 6.18 Å². The predicted octanol–water partition coefficient (Wildman–Crippen LogP) is 3.42. The van der Waals surface area contributed by atoms with E-state index in [1.807, 2.05) is 0 Å². The lowest BCUT2D eigenvalue weighted by atomic mass is 9.99. The summed E-state index contributed by atoms with van der Waals surface area (Å²) in [7, 11) is 0. The van der Waals surface area contributed by atoms with E-state index in [-0.39, 0.29) is 0 Å². The second-order valence-electron chi connectivity index (χ2n) is 4.16. The molecule has 0 amide bonds. The maximum Gasteiger partial charge on any atom is 0.416 e. The quantitative estimate of drug-likeness (QED) is 0.662. The number of nitrogens with zero attached hydrogens (tertiary/aromatic N) is 1. The van der Waals surface area contributed by atoms with E-state index < -0.39 is 17.8 Å². The minimum Gasteiger partial charge on any atom is -0.271 e. The van der Waals surface area contributed by atoms with Gasteiger partial charge in [0.2, 0.25) is 0 Å². The van der Waals surface area contributed by atoms with Crippen LogP contribution >= 0.6 is 15.9 Å². The summed E-state index contributed by atoms with van der Waals surface area (Å²) in [6.45, 7) is 0. The molecule has 0 aliphatic rings. The fourth-order valence-corrected chi connectivity index (χ4v) is 2.22. The maximum atomic E-state index is 12.5. The molecule has 1 unspecified atom stereocenters. The zero-order valence-corrected chi connectivity index (χ0v) is 11.7. The number of nitrogens with one attached hydrogen (secondary N) is 1. The molecule has 2 aromatic rings. The molecule has 1 atom stereocenters. The molecule has 20 heavy (non-hydrogen) atoms. The number of pyridine rings is 1. The van der Waals surface area contributed by atoms with Gasteiger partial charge in [0.05, 0.1) is 11.6 Å². The van der Waals surface area contributed by atoms with E-state index in [1.165, 1.54) is 12.1 Å². The monoisotopic (exact) mass is 345 g/mol. The highest BCUT2D eigenvalue weighted by molar-refractivity contribution is 9.10. The molecule has 3 N–H and O–H groups in total. The second-order valence-corrected chi connectivity index (χ2v) is 5.07. The van der Waals surface area contributed by atoms with Crippen molar-refractivity contribution in [2.75, 3.05) is 0 Å². The van der Waals surface area contributed by atoms with Crippen LogP contribution in [0.1, 0.15) is 22.7 Å². The Morgan fingerprint density at radius 3 is 2.25 bits per heavy atom. The number of benzene rings is 1. The Kier molecular flexibility index (Phi) is 4.42. The zero-order valence-electron chi connectivity index (χ0n) is 10.2. The van der Waals surface area contributed by atoms with Gasteiger partial charge in [-0.15, -0.1) is 0 Å². The first kappa shape index (κ1) is 15.0. The SMILES string of the molecule is NNC(c1ccc(C(F)(F)F)cc1)c1cncc(Br)c1. The van der Waals surface area contributed by atoms with Crippen molar-refractivity contribution in [1.82, 2.24) is 10.4 Å². The topological polar surface area (TPSA) is 50.9 Å². The van der Waals surface area contributed by atoms with Gasteiger partial charge in [0.15, 0.2) is 0 Å². The smallest absolute Gasteiger partial charge is 0.271 e. The van der Waals surface area contributed by atoms with Crippen LogP contribution in [0.4, 0.5) is 13.2 Å². The Bertz CT molecular complexity index is 584. The molecule has 0 radical (unpaired) electrons. The zero-order chi connectivity index (χ0) is 14.8. The molecule has 0 aliphatic heterocycles. The van der Waals surface area contributed by atoms with E-state index in [9.17, 15) is 13.2 Å². The second kappa shape index (κ2) is 5.90. The molecule has 106 valence electrons. The minimum absolute atomic E-state index is 0.428.